The number of carbonyl (C=O) groups excluding carboxylic acids is 2. The molecule has 0 radical (unpaired) electrons. The number of hydrogen-bond donors (Lipinski definition) is 0. The molecule has 1 aliphatic heterocycles. The van der Waals surface area contributed by atoms with Gasteiger partial charge in [0.1, 0.15) is 17.3 Å². The van der Waals surface area contributed by atoms with Crippen LogP contribution in [0, 0.1) is 6.92 Å². The Labute approximate surface area is 218 Å². The summed E-state index contributed by atoms with van der Waals surface area (Å²) in [5.74, 6) is -1.76. The van der Waals surface area contributed by atoms with E-state index in [2.05, 4.69) is 0 Å². The quantitative estimate of drug-likeness (QED) is 0.365. The second kappa shape index (κ2) is 12.3. The van der Waals surface area contributed by atoms with Crippen molar-refractivity contribution in [3.05, 3.63) is 29.0 Å². The Bertz CT molecular complexity index is 1270. The van der Waals surface area contributed by atoms with Crippen LogP contribution in [0.3, 0.4) is 0 Å². The van der Waals surface area contributed by atoms with E-state index in [-0.39, 0.29) is 71.8 Å². The van der Waals surface area contributed by atoms with Gasteiger partial charge in [-0.25, -0.2) is 26.4 Å². The topological polar surface area (TPSA) is 140 Å². The van der Waals surface area contributed by atoms with Gasteiger partial charge in [-0.3, -0.25) is 0 Å². The smallest absolute Gasteiger partial charge is 0.355 e. The van der Waals surface area contributed by atoms with E-state index in [9.17, 15) is 26.4 Å². The van der Waals surface area contributed by atoms with Crippen LogP contribution < -0.4 is 4.90 Å². The summed E-state index contributed by atoms with van der Waals surface area (Å²) >= 11 is 0. The van der Waals surface area contributed by atoms with Crippen LogP contribution in [0.15, 0.2) is 33.2 Å². The first-order chi connectivity index (χ1) is 17.4. The zero-order valence-corrected chi connectivity index (χ0v) is 23.9. The van der Waals surface area contributed by atoms with Gasteiger partial charge in [0.05, 0.1) is 37.0 Å². The number of anilines is 1. The SMILES string of the molecule is CCN(CC)S(=O)(=O)c1cc(C)c(N2COCC(C(=O)OC)=C2C(=O)OC)c(S(=O)(=O)N(CC)CC)c1. The monoisotopic (exact) mass is 561 g/mol. The number of carbonyl (C=O) groups is 2. The normalized spacial score (nSPS) is 14.9. The Morgan fingerprint density at radius 3 is 1.89 bits per heavy atom. The van der Waals surface area contributed by atoms with Crippen molar-refractivity contribution in [3.63, 3.8) is 0 Å². The minimum absolute atomic E-state index is 0.00750. The van der Waals surface area contributed by atoms with Gasteiger partial charge in [-0.15, -0.1) is 0 Å². The number of benzene rings is 1. The van der Waals surface area contributed by atoms with Crippen molar-refractivity contribution in [3.8, 4) is 0 Å². The molecule has 37 heavy (non-hydrogen) atoms. The third-order valence-electron chi connectivity index (χ3n) is 6.01. The number of esters is 2. The molecule has 1 aliphatic rings. The molecule has 1 heterocycles. The van der Waals surface area contributed by atoms with Gasteiger partial charge in [0.2, 0.25) is 20.0 Å². The molecule has 0 bridgehead atoms. The van der Waals surface area contributed by atoms with Crippen molar-refractivity contribution in [1.29, 1.82) is 0 Å². The van der Waals surface area contributed by atoms with E-state index in [1.165, 1.54) is 26.5 Å². The molecule has 0 aromatic heterocycles. The van der Waals surface area contributed by atoms with Gasteiger partial charge in [0.15, 0.2) is 0 Å². The van der Waals surface area contributed by atoms with E-state index in [0.717, 1.165) is 20.3 Å². The van der Waals surface area contributed by atoms with Crippen molar-refractivity contribution in [2.45, 2.75) is 44.4 Å². The molecule has 208 valence electrons. The van der Waals surface area contributed by atoms with Crippen molar-refractivity contribution in [2.24, 2.45) is 0 Å². The number of sulfonamides is 2. The van der Waals surface area contributed by atoms with Crippen LogP contribution in [-0.2, 0) is 43.8 Å². The van der Waals surface area contributed by atoms with Crippen LogP contribution >= 0.6 is 0 Å². The molecular weight excluding hydrogens is 526 g/mol. The van der Waals surface area contributed by atoms with E-state index in [4.69, 9.17) is 14.2 Å². The minimum Gasteiger partial charge on any atom is -0.466 e. The predicted octanol–water partition coefficient (Wildman–Crippen LogP) is 1.45. The average molecular weight is 562 g/mol. The molecule has 0 atom stereocenters. The highest BCUT2D eigenvalue weighted by atomic mass is 32.2. The van der Waals surface area contributed by atoms with Crippen molar-refractivity contribution < 1.29 is 40.6 Å². The maximum Gasteiger partial charge on any atom is 0.355 e. The van der Waals surface area contributed by atoms with E-state index >= 15 is 0 Å². The molecule has 0 fully saturated rings. The molecule has 0 spiro atoms. The summed E-state index contributed by atoms with van der Waals surface area (Å²) in [4.78, 5) is 26.0. The molecule has 0 amide bonds. The van der Waals surface area contributed by atoms with Gasteiger partial charge in [-0.2, -0.15) is 8.61 Å². The summed E-state index contributed by atoms with van der Waals surface area (Å²) in [7, 11) is -6.04. The average Bonchev–Trinajstić information content (AvgIpc) is 2.87. The lowest BCUT2D eigenvalue weighted by atomic mass is 10.1. The highest BCUT2D eigenvalue weighted by Crippen LogP contribution is 2.38. The molecule has 0 saturated carbocycles. The lowest BCUT2D eigenvalue weighted by Gasteiger charge is -2.34. The second-order valence-electron chi connectivity index (χ2n) is 7.98. The van der Waals surface area contributed by atoms with Crippen LogP contribution in [0.2, 0.25) is 0 Å². The van der Waals surface area contributed by atoms with Crippen molar-refractivity contribution >= 4 is 37.7 Å². The fraction of sp³-hybridized carbons (Fsp3) is 0.565. The molecule has 0 unspecified atom stereocenters. The van der Waals surface area contributed by atoms with E-state index in [0.29, 0.717) is 0 Å². The van der Waals surface area contributed by atoms with Gasteiger partial charge in [0, 0.05) is 26.2 Å². The van der Waals surface area contributed by atoms with Gasteiger partial charge < -0.3 is 19.1 Å². The zero-order valence-electron chi connectivity index (χ0n) is 22.2. The number of aryl methyl sites for hydroxylation is 1. The maximum absolute atomic E-state index is 13.8. The fourth-order valence-electron chi connectivity index (χ4n) is 4.14. The lowest BCUT2D eigenvalue weighted by Crippen LogP contribution is -2.41. The van der Waals surface area contributed by atoms with E-state index in [1.807, 2.05) is 0 Å². The molecule has 14 heteroatoms. The van der Waals surface area contributed by atoms with Crippen LogP contribution in [0.5, 0.6) is 0 Å². The van der Waals surface area contributed by atoms with Crippen LogP contribution in [0.25, 0.3) is 0 Å². The van der Waals surface area contributed by atoms with Crippen molar-refractivity contribution in [1.82, 2.24) is 8.61 Å². The molecule has 1 aromatic carbocycles. The third kappa shape index (κ3) is 5.82. The first-order valence-corrected chi connectivity index (χ1v) is 14.6. The minimum atomic E-state index is -4.26. The summed E-state index contributed by atoms with van der Waals surface area (Å²) in [5.41, 5.74) is -0.188. The Kier molecular flexibility index (Phi) is 10.2. The summed E-state index contributed by atoms with van der Waals surface area (Å²) in [6.07, 6.45) is 0. The van der Waals surface area contributed by atoms with E-state index < -0.39 is 32.0 Å². The number of rotatable bonds is 11. The van der Waals surface area contributed by atoms with Gasteiger partial charge in [-0.1, -0.05) is 27.7 Å². The predicted molar refractivity (Wildman–Crippen MR) is 136 cm³/mol. The van der Waals surface area contributed by atoms with Crippen LogP contribution in [-0.4, -0.2) is 91.1 Å². The highest BCUT2D eigenvalue weighted by molar-refractivity contribution is 7.90. The summed E-state index contributed by atoms with van der Waals surface area (Å²) < 4.78 is 72.0. The molecule has 12 nitrogen and oxygen atoms in total. The van der Waals surface area contributed by atoms with E-state index in [1.54, 1.807) is 27.7 Å². The zero-order chi connectivity index (χ0) is 28.1. The second-order valence-corrected chi connectivity index (χ2v) is 11.8. The number of methoxy groups -OCH3 is 2. The van der Waals surface area contributed by atoms with Gasteiger partial charge in [-0.05, 0) is 24.6 Å². The third-order valence-corrected chi connectivity index (χ3v) is 10.1. The molecule has 0 N–H and O–H groups in total. The van der Waals surface area contributed by atoms with Crippen LogP contribution in [0.4, 0.5) is 5.69 Å². The molecule has 0 saturated heterocycles. The molecule has 2 rings (SSSR count). The molecule has 0 aliphatic carbocycles. The standard InChI is InChI=1S/C23H35N3O9S2/c1-8-24(9-2)36(29,30)17-12-16(5)20(19(13-17)37(31,32)25(10-3)11-4)26-15-35-14-18(22(27)33-6)21(26)23(28)34-7/h12-13H,8-11,14-15H2,1-7H3. The lowest BCUT2D eigenvalue weighted by molar-refractivity contribution is -0.140. The summed E-state index contributed by atoms with van der Waals surface area (Å²) in [5, 5.41) is 0. The number of hydrogen-bond acceptors (Lipinski definition) is 10. The number of nitrogens with zero attached hydrogens (tertiary/aromatic N) is 3. The first kappa shape index (κ1) is 30.7. The maximum atomic E-state index is 13.8. The highest BCUT2D eigenvalue weighted by Gasteiger charge is 2.38. The Morgan fingerprint density at radius 1 is 0.892 bits per heavy atom. The van der Waals surface area contributed by atoms with Gasteiger partial charge in [0.25, 0.3) is 0 Å². The largest absolute Gasteiger partial charge is 0.466 e. The van der Waals surface area contributed by atoms with Gasteiger partial charge >= 0.3 is 11.9 Å². The first-order valence-electron chi connectivity index (χ1n) is 11.8. The fourth-order valence-corrected chi connectivity index (χ4v) is 7.54. The van der Waals surface area contributed by atoms with Crippen molar-refractivity contribution in [2.75, 3.05) is 58.6 Å². The van der Waals surface area contributed by atoms with Crippen LogP contribution in [0.1, 0.15) is 33.3 Å². The Balaban J connectivity index is 3.02. The number of ether oxygens (including phenoxy) is 3. The summed E-state index contributed by atoms with van der Waals surface area (Å²) in [6, 6.07) is 2.43. The Morgan fingerprint density at radius 2 is 1.41 bits per heavy atom. The molecular formula is C23H35N3O9S2. The summed E-state index contributed by atoms with van der Waals surface area (Å²) in [6.45, 7) is 8.26. The Hall–Kier alpha value is -2.52. The molecule has 1 aromatic rings.